The minimum absolute atomic E-state index is 0.00912. The van der Waals surface area contributed by atoms with Gasteiger partial charge in [-0.2, -0.15) is 4.31 Å². The molecule has 2 aromatic carbocycles. The molecule has 28 heavy (non-hydrogen) atoms. The first kappa shape index (κ1) is 19.6. The molecule has 0 amide bonds. The minimum Gasteiger partial charge on any atom is -0.363 e. The van der Waals surface area contributed by atoms with Crippen molar-refractivity contribution in [3.63, 3.8) is 0 Å². The molecule has 10 nitrogen and oxygen atoms in total. The first-order valence-corrected chi connectivity index (χ1v) is 9.58. The molecule has 0 N–H and O–H groups in total. The van der Waals surface area contributed by atoms with Crippen LogP contribution < -0.4 is 4.90 Å². The molecule has 0 aromatic heterocycles. The van der Waals surface area contributed by atoms with E-state index in [1.807, 2.05) is 0 Å². The molecule has 1 saturated heterocycles. The van der Waals surface area contributed by atoms with Crippen LogP contribution in [0.25, 0.3) is 0 Å². The van der Waals surface area contributed by atoms with Crippen molar-refractivity contribution in [1.82, 2.24) is 4.31 Å². The zero-order valence-corrected chi connectivity index (χ0v) is 15.2. The first-order valence-electron chi connectivity index (χ1n) is 8.14. The molecular weight excluding hydrogens is 395 g/mol. The van der Waals surface area contributed by atoms with Crippen molar-refractivity contribution >= 4 is 27.1 Å². The Balaban J connectivity index is 1.82. The topological polar surface area (TPSA) is 127 Å². The fourth-order valence-corrected chi connectivity index (χ4v) is 4.49. The van der Waals surface area contributed by atoms with Gasteiger partial charge in [-0.25, -0.2) is 12.8 Å². The maximum atomic E-state index is 13.9. The lowest BCUT2D eigenvalue weighted by Gasteiger charge is -2.35. The van der Waals surface area contributed by atoms with E-state index in [0.29, 0.717) is 0 Å². The summed E-state index contributed by atoms with van der Waals surface area (Å²) in [6.07, 6.45) is 0. The highest BCUT2D eigenvalue weighted by Gasteiger charge is 2.32. The fourth-order valence-electron chi connectivity index (χ4n) is 3.00. The van der Waals surface area contributed by atoms with E-state index in [0.717, 1.165) is 22.5 Å². The molecule has 2 aromatic rings. The summed E-state index contributed by atoms with van der Waals surface area (Å²) in [6, 6.07) is 8.36. The molecule has 1 aliphatic rings. The Morgan fingerprint density at radius 3 is 2.14 bits per heavy atom. The van der Waals surface area contributed by atoms with Crippen molar-refractivity contribution in [2.75, 3.05) is 31.1 Å². The predicted molar refractivity (Wildman–Crippen MR) is 97.1 cm³/mol. The van der Waals surface area contributed by atoms with Gasteiger partial charge in [0.15, 0.2) is 0 Å². The summed E-state index contributed by atoms with van der Waals surface area (Å²) in [6.45, 7) is 0.217. The lowest BCUT2D eigenvalue weighted by atomic mass is 10.2. The van der Waals surface area contributed by atoms with E-state index in [1.165, 1.54) is 24.3 Å². The van der Waals surface area contributed by atoms with E-state index in [2.05, 4.69) is 0 Å². The van der Waals surface area contributed by atoms with E-state index in [9.17, 15) is 33.0 Å². The average Bonchev–Trinajstić information content (AvgIpc) is 2.67. The van der Waals surface area contributed by atoms with Crippen molar-refractivity contribution in [1.29, 1.82) is 0 Å². The van der Waals surface area contributed by atoms with Gasteiger partial charge in [0.1, 0.15) is 16.4 Å². The molecule has 12 heteroatoms. The Bertz CT molecular complexity index is 1040. The monoisotopic (exact) mass is 410 g/mol. The second-order valence-corrected chi connectivity index (χ2v) is 7.92. The van der Waals surface area contributed by atoms with Gasteiger partial charge in [0.05, 0.1) is 15.9 Å². The van der Waals surface area contributed by atoms with Crippen LogP contribution in [0.5, 0.6) is 0 Å². The molecule has 0 spiro atoms. The number of benzene rings is 2. The molecule has 0 unspecified atom stereocenters. The first-order chi connectivity index (χ1) is 13.2. The maximum Gasteiger partial charge on any atom is 0.299 e. The van der Waals surface area contributed by atoms with Crippen LogP contribution in [0.4, 0.5) is 21.5 Å². The van der Waals surface area contributed by atoms with E-state index in [-0.39, 0.29) is 31.9 Å². The summed E-state index contributed by atoms with van der Waals surface area (Å²) in [7, 11) is -4.03. The number of hydrogen-bond donors (Lipinski definition) is 0. The second kappa shape index (κ2) is 7.48. The molecule has 0 saturated carbocycles. The molecule has 1 heterocycles. The fraction of sp³-hybridized carbons (Fsp3) is 0.250. The van der Waals surface area contributed by atoms with Crippen molar-refractivity contribution in [3.8, 4) is 0 Å². The van der Waals surface area contributed by atoms with Crippen LogP contribution in [0.2, 0.25) is 0 Å². The van der Waals surface area contributed by atoms with Crippen LogP contribution in [0, 0.1) is 26.0 Å². The van der Waals surface area contributed by atoms with Crippen LogP contribution in [-0.2, 0) is 10.0 Å². The number of nitro groups is 2. The zero-order valence-electron chi connectivity index (χ0n) is 14.4. The third kappa shape index (κ3) is 3.64. The summed E-state index contributed by atoms with van der Waals surface area (Å²) >= 11 is 0. The highest BCUT2D eigenvalue weighted by molar-refractivity contribution is 7.89. The van der Waals surface area contributed by atoms with Crippen LogP contribution >= 0.6 is 0 Å². The van der Waals surface area contributed by atoms with Gasteiger partial charge >= 0.3 is 0 Å². The van der Waals surface area contributed by atoms with E-state index < -0.39 is 42.0 Å². The van der Waals surface area contributed by atoms with E-state index in [1.54, 1.807) is 4.90 Å². The van der Waals surface area contributed by atoms with Crippen molar-refractivity contribution in [2.24, 2.45) is 0 Å². The summed E-state index contributed by atoms with van der Waals surface area (Å²) in [4.78, 5) is 21.8. The van der Waals surface area contributed by atoms with Gasteiger partial charge in [-0.15, -0.1) is 0 Å². The van der Waals surface area contributed by atoms with Crippen LogP contribution in [0.3, 0.4) is 0 Å². The predicted octanol–water partition coefficient (Wildman–Crippen LogP) is 2.15. The molecule has 1 fully saturated rings. The van der Waals surface area contributed by atoms with Crippen molar-refractivity contribution in [3.05, 3.63) is 68.5 Å². The largest absolute Gasteiger partial charge is 0.363 e. The Hall–Kier alpha value is -3.12. The van der Waals surface area contributed by atoms with E-state index >= 15 is 0 Å². The van der Waals surface area contributed by atoms with Gasteiger partial charge in [-0.05, 0) is 18.2 Å². The lowest BCUT2D eigenvalue weighted by molar-refractivity contribution is -0.393. The van der Waals surface area contributed by atoms with Crippen molar-refractivity contribution < 1.29 is 22.7 Å². The molecule has 1 aliphatic heterocycles. The van der Waals surface area contributed by atoms with Crippen molar-refractivity contribution in [2.45, 2.75) is 4.90 Å². The number of sulfonamides is 1. The SMILES string of the molecule is O=[N+]([O-])c1ccc(N2CCN(S(=O)(=O)c3ccccc3F)CC2)c([N+](=O)[O-])c1. The lowest BCUT2D eigenvalue weighted by Crippen LogP contribution is -2.49. The number of anilines is 1. The smallest absolute Gasteiger partial charge is 0.299 e. The number of rotatable bonds is 5. The minimum atomic E-state index is -4.03. The van der Waals surface area contributed by atoms with Gasteiger partial charge < -0.3 is 4.90 Å². The van der Waals surface area contributed by atoms with Crippen LogP contribution in [0.15, 0.2) is 47.4 Å². The van der Waals surface area contributed by atoms with Gasteiger partial charge in [0.25, 0.3) is 11.4 Å². The summed E-state index contributed by atoms with van der Waals surface area (Å²) < 4.78 is 40.3. The quantitative estimate of drug-likeness (QED) is 0.546. The third-order valence-corrected chi connectivity index (χ3v) is 6.33. The maximum absolute atomic E-state index is 13.9. The highest BCUT2D eigenvalue weighted by Crippen LogP contribution is 2.33. The molecule has 0 bridgehead atoms. The van der Waals surface area contributed by atoms with Crippen LogP contribution in [0.1, 0.15) is 0 Å². The third-order valence-electron chi connectivity index (χ3n) is 4.40. The van der Waals surface area contributed by atoms with Crippen LogP contribution in [-0.4, -0.2) is 48.7 Å². The number of non-ortho nitro benzene ring substituents is 1. The number of hydrogen-bond acceptors (Lipinski definition) is 7. The molecule has 148 valence electrons. The van der Waals surface area contributed by atoms with E-state index in [4.69, 9.17) is 0 Å². The molecule has 3 rings (SSSR count). The number of nitrogens with zero attached hydrogens (tertiary/aromatic N) is 4. The Morgan fingerprint density at radius 1 is 0.929 bits per heavy atom. The molecular formula is C16H15FN4O6S. The molecule has 0 atom stereocenters. The summed E-state index contributed by atoms with van der Waals surface area (Å²) in [5.41, 5.74) is -0.672. The molecule has 0 radical (unpaired) electrons. The zero-order chi connectivity index (χ0) is 20.5. The summed E-state index contributed by atoms with van der Waals surface area (Å²) in [5.74, 6) is -0.851. The number of piperazine rings is 1. The molecule has 0 aliphatic carbocycles. The van der Waals surface area contributed by atoms with Gasteiger partial charge in [0.2, 0.25) is 10.0 Å². The average molecular weight is 410 g/mol. The second-order valence-electron chi connectivity index (χ2n) is 6.01. The highest BCUT2D eigenvalue weighted by atomic mass is 32.2. The normalized spacial score (nSPS) is 15.4. The standard InChI is InChI=1S/C16H15FN4O6S/c17-13-3-1-2-4-16(13)28(26,27)19-9-7-18(8-10-19)14-6-5-12(20(22)23)11-15(14)21(24)25/h1-6,11H,7-10H2. The Morgan fingerprint density at radius 2 is 1.57 bits per heavy atom. The van der Waals surface area contributed by atoms with Gasteiger partial charge in [0, 0.05) is 32.2 Å². The Kier molecular flexibility index (Phi) is 5.25. The summed E-state index contributed by atoms with van der Waals surface area (Å²) in [5, 5.41) is 22.1. The van der Waals surface area contributed by atoms with Gasteiger partial charge in [-0.1, -0.05) is 12.1 Å². The number of halogens is 1. The Labute approximate surface area is 159 Å². The van der Waals surface area contributed by atoms with Gasteiger partial charge in [-0.3, -0.25) is 20.2 Å². The number of nitro benzene ring substituents is 2.